The van der Waals surface area contributed by atoms with Crippen molar-refractivity contribution < 1.29 is 4.74 Å². The molecule has 1 atom stereocenters. The Labute approximate surface area is 200 Å². The van der Waals surface area contributed by atoms with Crippen LogP contribution >= 0.6 is 0 Å². The zero-order valence-corrected chi connectivity index (χ0v) is 19.3. The van der Waals surface area contributed by atoms with Gasteiger partial charge in [0.05, 0.1) is 11.4 Å². The maximum Gasteiger partial charge on any atom is 0.151 e. The molecule has 166 valence electrons. The molecule has 0 fully saturated rings. The van der Waals surface area contributed by atoms with E-state index in [1.54, 1.807) is 0 Å². The summed E-state index contributed by atoms with van der Waals surface area (Å²) >= 11 is 0. The largest absolute Gasteiger partial charge is 0.453 e. The fourth-order valence-electron chi connectivity index (χ4n) is 4.89. The first kappa shape index (κ1) is 20.4. The van der Waals surface area contributed by atoms with Crippen molar-refractivity contribution in [3.05, 3.63) is 121 Å². The number of hydrogen-bond acceptors (Lipinski definition) is 3. The Morgan fingerprint density at radius 1 is 0.647 bits per heavy atom. The second kappa shape index (κ2) is 8.27. The standard InChI is InChI=1S/C31H26N2O/c1-22-10-9-11-23(2)32(27-13-4-3-12-26(22)27)24-18-20-25(21-19-24)33-28-14-5-7-16-30(28)34-31-17-8-6-15-29(31)33/h3-21,23H,1-2H3/b11-9-,22-10+. The van der Waals surface area contributed by atoms with Crippen LogP contribution in [0.1, 0.15) is 19.4 Å². The van der Waals surface area contributed by atoms with Crippen molar-refractivity contribution in [3.8, 4) is 11.5 Å². The minimum Gasteiger partial charge on any atom is -0.453 e. The maximum atomic E-state index is 6.17. The summed E-state index contributed by atoms with van der Waals surface area (Å²) in [6.07, 6.45) is 6.61. The molecule has 1 unspecified atom stereocenters. The van der Waals surface area contributed by atoms with E-state index in [4.69, 9.17) is 4.74 Å². The van der Waals surface area contributed by atoms with Gasteiger partial charge < -0.3 is 14.5 Å². The summed E-state index contributed by atoms with van der Waals surface area (Å²) in [4.78, 5) is 4.68. The van der Waals surface area contributed by atoms with Crippen LogP contribution in [0.5, 0.6) is 11.5 Å². The van der Waals surface area contributed by atoms with Crippen LogP contribution < -0.4 is 14.5 Å². The summed E-state index contributed by atoms with van der Waals surface area (Å²) in [5, 5.41) is 0. The normalized spacial score (nSPS) is 18.9. The SMILES string of the molecule is C/C1=C\C=C/C(C)N(c2ccc(N3c4ccccc4Oc4ccccc43)cc2)c2ccccc21. The topological polar surface area (TPSA) is 15.7 Å². The highest BCUT2D eigenvalue weighted by atomic mass is 16.5. The lowest BCUT2D eigenvalue weighted by atomic mass is 10.00. The molecule has 0 amide bonds. The summed E-state index contributed by atoms with van der Waals surface area (Å²) < 4.78 is 6.17. The highest BCUT2D eigenvalue weighted by Gasteiger charge is 2.26. The Morgan fingerprint density at radius 2 is 1.21 bits per heavy atom. The van der Waals surface area contributed by atoms with Crippen molar-refractivity contribution in [2.75, 3.05) is 9.80 Å². The van der Waals surface area contributed by atoms with Crippen molar-refractivity contribution in [1.82, 2.24) is 0 Å². The molecule has 0 saturated carbocycles. The number of fused-ring (bicyclic) bond motifs is 3. The Bertz CT molecular complexity index is 1370. The molecule has 3 nitrogen and oxygen atoms in total. The van der Waals surface area contributed by atoms with Gasteiger partial charge in [-0.25, -0.2) is 0 Å². The van der Waals surface area contributed by atoms with E-state index in [2.05, 4.69) is 115 Å². The first-order valence-electron chi connectivity index (χ1n) is 11.7. The fourth-order valence-corrected chi connectivity index (χ4v) is 4.89. The molecule has 2 heterocycles. The van der Waals surface area contributed by atoms with Gasteiger partial charge in [0, 0.05) is 28.7 Å². The molecule has 0 aromatic heterocycles. The molecule has 0 N–H and O–H groups in total. The summed E-state index contributed by atoms with van der Waals surface area (Å²) in [5.74, 6) is 1.73. The van der Waals surface area contributed by atoms with E-state index in [-0.39, 0.29) is 6.04 Å². The molecule has 0 spiro atoms. The molecule has 0 radical (unpaired) electrons. The quantitative estimate of drug-likeness (QED) is 0.272. The minimum absolute atomic E-state index is 0.223. The van der Waals surface area contributed by atoms with Gasteiger partial charge in [-0.05, 0) is 74.0 Å². The Balaban J connectivity index is 1.44. The Kier molecular flexibility index (Phi) is 4.96. The highest BCUT2D eigenvalue weighted by molar-refractivity contribution is 5.87. The molecular weight excluding hydrogens is 416 g/mol. The summed E-state index contributed by atoms with van der Waals surface area (Å²) in [6, 6.07) is 34.1. The number of nitrogens with zero attached hydrogens (tertiary/aromatic N) is 2. The number of benzene rings is 4. The number of rotatable bonds is 2. The van der Waals surface area contributed by atoms with Gasteiger partial charge in [0.15, 0.2) is 11.5 Å². The predicted molar refractivity (Wildman–Crippen MR) is 142 cm³/mol. The molecule has 4 aromatic carbocycles. The molecular formula is C31H26N2O. The van der Waals surface area contributed by atoms with Gasteiger partial charge in [-0.15, -0.1) is 0 Å². The van der Waals surface area contributed by atoms with Gasteiger partial charge in [0.25, 0.3) is 0 Å². The molecule has 0 bridgehead atoms. The number of allylic oxidation sites excluding steroid dienone is 3. The molecule has 2 aliphatic rings. The maximum absolute atomic E-state index is 6.17. The minimum atomic E-state index is 0.223. The third-order valence-corrected chi connectivity index (χ3v) is 6.55. The molecule has 0 aliphatic carbocycles. The summed E-state index contributed by atoms with van der Waals surface area (Å²) in [5.41, 5.74) is 8.11. The third-order valence-electron chi connectivity index (χ3n) is 6.55. The highest BCUT2D eigenvalue weighted by Crippen LogP contribution is 2.50. The van der Waals surface area contributed by atoms with Crippen LogP contribution in [0.4, 0.5) is 28.4 Å². The van der Waals surface area contributed by atoms with Crippen molar-refractivity contribution in [3.63, 3.8) is 0 Å². The van der Waals surface area contributed by atoms with E-state index in [1.165, 1.54) is 16.8 Å². The van der Waals surface area contributed by atoms with Gasteiger partial charge in [0.2, 0.25) is 0 Å². The van der Waals surface area contributed by atoms with E-state index in [1.807, 2.05) is 24.3 Å². The zero-order valence-electron chi connectivity index (χ0n) is 19.3. The third kappa shape index (κ3) is 3.37. The molecule has 4 aromatic rings. The van der Waals surface area contributed by atoms with Gasteiger partial charge in [-0.3, -0.25) is 0 Å². The van der Waals surface area contributed by atoms with E-state index in [0.29, 0.717) is 0 Å². The lowest BCUT2D eigenvalue weighted by Gasteiger charge is -2.34. The number of ether oxygens (including phenoxy) is 1. The smallest absolute Gasteiger partial charge is 0.151 e. The monoisotopic (exact) mass is 442 g/mol. The number of hydrogen-bond donors (Lipinski definition) is 0. The molecule has 2 aliphatic heterocycles. The Hall–Kier alpha value is -4.24. The van der Waals surface area contributed by atoms with Crippen LogP contribution in [-0.4, -0.2) is 6.04 Å². The van der Waals surface area contributed by atoms with Crippen LogP contribution in [0.25, 0.3) is 5.57 Å². The predicted octanol–water partition coefficient (Wildman–Crippen LogP) is 8.76. The van der Waals surface area contributed by atoms with E-state index >= 15 is 0 Å². The number of para-hydroxylation sites is 5. The van der Waals surface area contributed by atoms with Gasteiger partial charge in [-0.2, -0.15) is 0 Å². The average Bonchev–Trinajstić information content (AvgIpc) is 2.87. The fraction of sp³-hybridized carbons (Fsp3) is 0.0968. The second-order valence-corrected chi connectivity index (χ2v) is 8.75. The second-order valence-electron chi connectivity index (χ2n) is 8.75. The van der Waals surface area contributed by atoms with Gasteiger partial charge in [-0.1, -0.05) is 60.7 Å². The summed E-state index contributed by atoms with van der Waals surface area (Å²) in [6.45, 7) is 4.41. The van der Waals surface area contributed by atoms with Crippen molar-refractivity contribution in [2.24, 2.45) is 0 Å². The zero-order chi connectivity index (χ0) is 23.1. The van der Waals surface area contributed by atoms with Crippen molar-refractivity contribution >= 4 is 34.0 Å². The Morgan fingerprint density at radius 3 is 1.88 bits per heavy atom. The lowest BCUT2D eigenvalue weighted by Crippen LogP contribution is -2.28. The van der Waals surface area contributed by atoms with Gasteiger partial charge in [0.1, 0.15) is 0 Å². The molecule has 34 heavy (non-hydrogen) atoms. The molecule has 3 heteroatoms. The lowest BCUT2D eigenvalue weighted by molar-refractivity contribution is 0.477. The van der Waals surface area contributed by atoms with Crippen LogP contribution in [0.3, 0.4) is 0 Å². The van der Waals surface area contributed by atoms with E-state index in [0.717, 1.165) is 34.2 Å². The first-order valence-corrected chi connectivity index (χ1v) is 11.7. The van der Waals surface area contributed by atoms with Crippen LogP contribution in [0.15, 0.2) is 115 Å². The van der Waals surface area contributed by atoms with Crippen LogP contribution in [-0.2, 0) is 0 Å². The van der Waals surface area contributed by atoms with E-state index in [9.17, 15) is 0 Å². The summed E-state index contributed by atoms with van der Waals surface area (Å²) in [7, 11) is 0. The number of anilines is 5. The van der Waals surface area contributed by atoms with Gasteiger partial charge >= 0.3 is 0 Å². The van der Waals surface area contributed by atoms with Crippen molar-refractivity contribution in [1.29, 1.82) is 0 Å². The van der Waals surface area contributed by atoms with Crippen LogP contribution in [0.2, 0.25) is 0 Å². The van der Waals surface area contributed by atoms with Crippen molar-refractivity contribution in [2.45, 2.75) is 19.9 Å². The molecule has 6 rings (SSSR count). The van der Waals surface area contributed by atoms with Crippen LogP contribution in [0, 0.1) is 0 Å². The van der Waals surface area contributed by atoms with E-state index < -0.39 is 0 Å². The molecule has 0 saturated heterocycles. The average molecular weight is 443 g/mol. The first-order chi connectivity index (χ1) is 16.7.